The second-order valence-electron chi connectivity index (χ2n) is 3.53. The highest BCUT2D eigenvalue weighted by atomic mass is 16.3. The monoisotopic (exact) mass is 207 g/mol. The number of aromatic nitrogens is 3. The summed E-state index contributed by atoms with van der Waals surface area (Å²) in [5.41, 5.74) is 1.18. The van der Waals surface area contributed by atoms with E-state index in [4.69, 9.17) is 5.11 Å². The van der Waals surface area contributed by atoms with Gasteiger partial charge in [0.15, 0.2) is 0 Å². The predicted molar refractivity (Wildman–Crippen MR) is 56.0 cm³/mol. The van der Waals surface area contributed by atoms with E-state index in [0.29, 0.717) is 23.5 Å². The van der Waals surface area contributed by atoms with Crippen molar-refractivity contribution in [3.8, 4) is 0 Å². The Kier molecular flexibility index (Phi) is 2.32. The van der Waals surface area contributed by atoms with Gasteiger partial charge in [0.25, 0.3) is 5.56 Å². The van der Waals surface area contributed by atoms with Crippen LogP contribution in [-0.2, 0) is 13.5 Å². The highest BCUT2D eigenvalue weighted by Gasteiger charge is 2.10. The Bertz CT molecular complexity index is 554. The molecule has 0 amide bonds. The topological polar surface area (TPSA) is 59.5 Å². The number of aryl methyl sites for hydroxylation is 2. The van der Waals surface area contributed by atoms with Crippen molar-refractivity contribution < 1.29 is 5.11 Å². The maximum atomic E-state index is 12.0. The first kappa shape index (κ1) is 9.92. The summed E-state index contributed by atoms with van der Waals surface area (Å²) < 4.78 is 3.29. The maximum absolute atomic E-state index is 12.0. The molecule has 0 unspecified atom stereocenters. The number of rotatable bonds is 2. The van der Waals surface area contributed by atoms with Gasteiger partial charge in [0.05, 0.1) is 5.69 Å². The standard InChI is InChI=1S/C10H13N3O2/c1-7-8(3-6-14)9(15)13-5-4-12(2)10(13)11-7/h4-5,14H,3,6H2,1-2H3. The number of hydrogen-bond acceptors (Lipinski definition) is 3. The van der Waals surface area contributed by atoms with E-state index in [1.165, 1.54) is 4.40 Å². The zero-order chi connectivity index (χ0) is 11.0. The minimum Gasteiger partial charge on any atom is -0.396 e. The molecule has 2 rings (SSSR count). The van der Waals surface area contributed by atoms with E-state index in [9.17, 15) is 4.79 Å². The zero-order valence-electron chi connectivity index (χ0n) is 8.77. The molecule has 5 nitrogen and oxygen atoms in total. The van der Waals surface area contributed by atoms with Gasteiger partial charge < -0.3 is 9.67 Å². The van der Waals surface area contributed by atoms with Crippen molar-refractivity contribution in [3.63, 3.8) is 0 Å². The number of imidazole rings is 1. The first-order chi connectivity index (χ1) is 7.15. The SMILES string of the molecule is Cc1nc2n(C)ccn2c(=O)c1CCO. The second-order valence-corrected chi connectivity index (χ2v) is 3.53. The average molecular weight is 207 g/mol. The molecule has 0 saturated carbocycles. The molecule has 0 fully saturated rings. The summed E-state index contributed by atoms with van der Waals surface area (Å²) in [6.07, 6.45) is 3.83. The highest BCUT2D eigenvalue weighted by Crippen LogP contribution is 2.04. The Labute approximate surface area is 86.6 Å². The molecule has 2 heterocycles. The fourth-order valence-electron chi connectivity index (χ4n) is 1.68. The molecule has 0 radical (unpaired) electrons. The molecule has 80 valence electrons. The van der Waals surface area contributed by atoms with Crippen LogP contribution in [0.3, 0.4) is 0 Å². The van der Waals surface area contributed by atoms with Crippen LogP contribution in [0.25, 0.3) is 5.78 Å². The van der Waals surface area contributed by atoms with Crippen molar-refractivity contribution >= 4 is 5.78 Å². The summed E-state index contributed by atoms with van der Waals surface area (Å²) in [7, 11) is 1.84. The first-order valence-corrected chi connectivity index (χ1v) is 4.79. The molecule has 0 atom stereocenters. The Balaban J connectivity index is 2.79. The van der Waals surface area contributed by atoms with Crippen molar-refractivity contribution in [1.82, 2.24) is 14.0 Å². The van der Waals surface area contributed by atoms with E-state index >= 15 is 0 Å². The smallest absolute Gasteiger partial charge is 0.262 e. The number of nitrogens with zero attached hydrogens (tertiary/aromatic N) is 3. The molecule has 1 N–H and O–H groups in total. The third-order valence-corrected chi connectivity index (χ3v) is 2.51. The van der Waals surface area contributed by atoms with Crippen molar-refractivity contribution in [1.29, 1.82) is 0 Å². The predicted octanol–water partition coefficient (Wildman–Crippen LogP) is -0.124. The molecular formula is C10H13N3O2. The van der Waals surface area contributed by atoms with Gasteiger partial charge in [-0.15, -0.1) is 0 Å². The van der Waals surface area contributed by atoms with Crippen LogP contribution in [0.15, 0.2) is 17.2 Å². The summed E-state index contributed by atoms with van der Waals surface area (Å²) >= 11 is 0. The average Bonchev–Trinajstić information content (AvgIpc) is 2.55. The van der Waals surface area contributed by atoms with Gasteiger partial charge in [-0.2, -0.15) is 0 Å². The van der Waals surface area contributed by atoms with Gasteiger partial charge in [0, 0.05) is 38.0 Å². The number of hydrogen-bond donors (Lipinski definition) is 1. The molecule has 0 aliphatic carbocycles. The fraction of sp³-hybridized carbons (Fsp3) is 0.400. The molecule has 2 aromatic rings. The Morgan fingerprint density at radius 3 is 2.87 bits per heavy atom. The lowest BCUT2D eigenvalue weighted by molar-refractivity contribution is 0.298. The van der Waals surface area contributed by atoms with Gasteiger partial charge in [0.2, 0.25) is 5.78 Å². The molecular weight excluding hydrogens is 194 g/mol. The molecule has 0 spiro atoms. The fourth-order valence-corrected chi connectivity index (χ4v) is 1.68. The van der Waals surface area contributed by atoms with E-state index in [1.807, 2.05) is 7.05 Å². The van der Waals surface area contributed by atoms with Crippen LogP contribution in [0.2, 0.25) is 0 Å². The van der Waals surface area contributed by atoms with Crippen LogP contribution in [-0.4, -0.2) is 25.7 Å². The molecule has 5 heteroatoms. The van der Waals surface area contributed by atoms with E-state index in [-0.39, 0.29) is 12.2 Å². The summed E-state index contributed by atoms with van der Waals surface area (Å²) in [4.78, 5) is 16.3. The van der Waals surface area contributed by atoms with Crippen molar-refractivity contribution in [2.24, 2.45) is 7.05 Å². The van der Waals surface area contributed by atoms with Crippen LogP contribution < -0.4 is 5.56 Å². The molecule has 0 aliphatic rings. The minimum atomic E-state index is -0.0906. The van der Waals surface area contributed by atoms with Gasteiger partial charge in [-0.3, -0.25) is 9.20 Å². The van der Waals surface area contributed by atoms with Crippen LogP contribution in [0, 0.1) is 6.92 Å². The van der Waals surface area contributed by atoms with Crippen molar-refractivity contribution in [2.75, 3.05) is 6.61 Å². The van der Waals surface area contributed by atoms with Gasteiger partial charge >= 0.3 is 0 Å². The Hall–Kier alpha value is -1.62. The third kappa shape index (κ3) is 1.45. The molecule has 0 bridgehead atoms. The number of aliphatic hydroxyl groups is 1. The quantitative estimate of drug-likeness (QED) is 0.746. The first-order valence-electron chi connectivity index (χ1n) is 4.79. The van der Waals surface area contributed by atoms with Gasteiger partial charge in [0.1, 0.15) is 0 Å². The van der Waals surface area contributed by atoms with Gasteiger partial charge in [-0.25, -0.2) is 4.98 Å². The van der Waals surface area contributed by atoms with Gasteiger partial charge in [-0.05, 0) is 6.92 Å². The number of aliphatic hydroxyl groups excluding tert-OH is 1. The van der Waals surface area contributed by atoms with E-state index in [0.717, 1.165) is 0 Å². The van der Waals surface area contributed by atoms with Crippen LogP contribution in [0.5, 0.6) is 0 Å². The molecule has 0 saturated heterocycles. The Morgan fingerprint density at radius 1 is 1.47 bits per heavy atom. The summed E-state index contributed by atoms with van der Waals surface area (Å²) in [5.74, 6) is 0.624. The van der Waals surface area contributed by atoms with Gasteiger partial charge in [-0.1, -0.05) is 0 Å². The van der Waals surface area contributed by atoms with E-state index < -0.39 is 0 Å². The molecule has 15 heavy (non-hydrogen) atoms. The van der Waals surface area contributed by atoms with Crippen molar-refractivity contribution in [3.05, 3.63) is 34.0 Å². The normalized spacial score (nSPS) is 11.1. The third-order valence-electron chi connectivity index (χ3n) is 2.51. The highest BCUT2D eigenvalue weighted by molar-refractivity contribution is 5.34. The Morgan fingerprint density at radius 2 is 2.20 bits per heavy atom. The molecule has 2 aromatic heterocycles. The lowest BCUT2D eigenvalue weighted by Gasteiger charge is -2.04. The zero-order valence-corrected chi connectivity index (χ0v) is 8.77. The van der Waals surface area contributed by atoms with Crippen LogP contribution in [0.4, 0.5) is 0 Å². The van der Waals surface area contributed by atoms with E-state index in [2.05, 4.69) is 4.98 Å². The lowest BCUT2D eigenvalue weighted by Crippen LogP contribution is -2.21. The molecule has 0 aliphatic heterocycles. The van der Waals surface area contributed by atoms with E-state index in [1.54, 1.807) is 23.9 Å². The van der Waals surface area contributed by atoms with Crippen molar-refractivity contribution in [2.45, 2.75) is 13.3 Å². The lowest BCUT2D eigenvalue weighted by atomic mass is 10.2. The summed E-state index contributed by atoms with van der Waals surface area (Å²) in [5, 5.41) is 8.86. The molecule has 0 aromatic carbocycles. The minimum absolute atomic E-state index is 0.0311. The van der Waals surface area contributed by atoms with Crippen LogP contribution >= 0.6 is 0 Å². The van der Waals surface area contributed by atoms with Crippen LogP contribution in [0.1, 0.15) is 11.3 Å². The second kappa shape index (κ2) is 3.51. The summed E-state index contributed by atoms with van der Waals surface area (Å²) in [6, 6.07) is 0. The summed E-state index contributed by atoms with van der Waals surface area (Å²) in [6.45, 7) is 1.76. The maximum Gasteiger partial charge on any atom is 0.262 e. The number of fused-ring (bicyclic) bond motifs is 1. The largest absolute Gasteiger partial charge is 0.396 e.